The second-order valence-corrected chi connectivity index (χ2v) is 17.5. The third kappa shape index (κ3) is 8.55. The number of anilines is 1. The van der Waals surface area contributed by atoms with Crippen molar-refractivity contribution < 1.29 is 21.6 Å². The highest BCUT2D eigenvalue weighted by Crippen LogP contribution is 2.34. The Kier molecular flexibility index (Phi) is 10.8. The number of hydrogen-bond acceptors (Lipinski definition) is 9. The highest BCUT2D eigenvalue weighted by atomic mass is 32.2. The number of piperidine rings is 1. The number of nitrogens with one attached hydrogen (secondary N) is 2. The number of fused-ring (bicyclic) bond motifs is 2. The van der Waals surface area contributed by atoms with E-state index in [9.17, 15) is 26.9 Å². The number of thiophene rings is 1. The summed E-state index contributed by atoms with van der Waals surface area (Å²) in [4.78, 5) is 14.1. The molecular weight excluding hydrogens is 712 g/mol. The third-order valence-electron chi connectivity index (χ3n) is 10.9. The molecule has 280 valence electrons. The predicted octanol–water partition coefficient (Wildman–Crippen LogP) is 5.65. The third-order valence-corrected chi connectivity index (χ3v) is 13.5. The van der Waals surface area contributed by atoms with E-state index in [1.807, 2.05) is 6.07 Å². The molecule has 1 aliphatic carbocycles. The van der Waals surface area contributed by atoms with E-state index >= 15 is 0 Å². The van der Waals surface area contributed by atoms with Crippen LogP contribution in [0.5, 0.6) is 0 Å². The first kappa shape index (κ1) is 37.0. The minimum absolute atomic E-state index is 0.116. The maximum Gasteiger partial charge on any atom is 0.393 e. The lowest BCUT2D eigenvalue weighted by Crippen LogP contribution is -2.54. The van der Waals surface area contributed by atoms with Gasteiger partial charge in [-0.25, -0.2) is 14.7 Å². The van der Waals surface area contributed by atoms with Gasteiger partial charge in [-0.3, -0.25) is 9.80 Å². The fraction of sp³-hybridized carbons (Fsp3) is 0.583. The number of alkyl halides is 3. The Morgan fingerprint density at radius 1 is 1.04 bits per heavy atom. The molecule has 5 heterocycles. The molecule has 16 heteroatoms. The van der Waals surface area contributed by atoms with Crippen LogP contribution in [0.2, 0.25) is 0 Å². The van der Waals surface area contributed by atoms with Crippen molar-refractivity contribution in [3.63, 3.8) is 0 Å². The first-order valence-corrected chi connectivity index (χ1v) is 20.4. The average Bonchev–Trinajstić information content (AvgIpc) is 3.73. The normalized spacial score (nSPS) is 19.4. The fourth-order valence-electron chi connectivity index (χ4n) is 7.61. The van der Waals surface area contributed by atoms with Crippen LogP contribution in [0.15, 0.2) is 30.6 Å². The summed E-state index contributed by atoms with van der Waals surface area (Å²) in [6.45, 7) is 10.1. The summed E-state index contributed by atoms with van der Waals surface area (Å²) in [6.07, 6.45) is 1.24. The number of piperazine rings is 1. The monoisotopic (exact) mass is 757 g/mol. The molecule has 52 heavy (non-hydrogen) atoms. The zero-order chi connectivity index (χ0) is 36.6. The van der Waals surface area contributed by atoms with Crippen molar-refractivity contribution in [3.8, 4) is 6.07 Å². The van der Waals surface area contributed by atoms with Crippen LogP contribution in [0, 0.1) is 24.2 Å². The number of benzene rings is 1. The highest BCUT2D eigenvalue weighted by molar-refractivity contribution is 7.87. The van der Waals surface area contributed by atoms with Gasteiger partial charge in [0.2, 0.25) is 0 Å². The molecule has 1 saturated carbocycles. The smallest absolute Gasteiger partial charge is 0.367 e. The molecule has 0 bridgehead atoms. The van der Waals surface area contributed by atoms with Crippen molar-refractivity contribution in [2.75, 3.05) is 51.1 Å². The number of nitrogens with zero attached hydrogens (tertiary/aromatic N) is 7. The van der Waals surface area contributed by atoms with Gasteiger partial charge in [-0.2, -0.15) is 31.2 Å². The molecule has 0 amide bonds. The number of nitriles is 1. The SMILES string of the molecule is Cc1c(CN2CCC(Nc3ncnc4sc(CC(F)(F)F)cc34)CC2)ccc2c1cc(C#N)n2CC(C)N1CCN(S(=O)(=O)NCCC2CC2)CC1. The molecule has 3 aliphatic rings. The van der Waals surface area contributed by atoms with E-state index in [0.29, 0.717) is 66.9 Å². The van der Waals surface area contributed by atoms with Crippen LogP contribution in [0.25, 0.3) is 21.1 Å². The first-order chi connectivity index (χ1) is 24.9. The Morgan fingerprint density at radius 2 is 1.79 bits per heavy atom. The second-order valence-electron chi connectivity index (χ2n) is 14.6. The van der Waals surface area contributed by atoms with Gasteiger partial charge in [0.15, 0.2) is 0 Å². The summed E-state index contributed by atoms with van der Waals surface area (Å²) in [5, 5.41) is 15.3. The van der Waals surface area contributed by atoms with Crippen LogP contribution in [0.1, 0.15) is 60.7 Å². The van der Waals surface area contributed by atoms with E-state index < -0.39 is 22.8 Å². The lowest BCUT2D eigenvalue weighted by atomic mass is 10.0. The van der Waals surface area contributed by atoms with Crippen molar-refractivity contribution in [3.05, 3.63) is 52.3 Å². The van der Waals surface area contributed by atoms with Gasteiger partial charge in [-0.1, -0.05) is 18.9 Å². The summed E-state index contributed by atoms with van der Waals surface area (Å²) in [5.74, 6) is 1.27. The second kappa shape index (κ2) is 15.2. The Bertz CT molecular complexity index is 2040. The van der Waals surface area contributed by atoms with E-state index in [-0.39, 0.29) is 17.0 Å². The van der Waals surface area contributed by atoms with Crippen molar-refractivity contribution >= 4 is 48.5 Å². The summed E-state index contributed by atoms with van der Waals surface area (Å²) in [5.41, 5.74) is 4.01. The van der Waals surface area contributed by atoms with Crippen LogP contribution >= 0.6 is 11.3 Å². The van der Waals surface area contributed by atoms with E-state index in [0.717, 1.165) is 66.7 Å². The van der Waals surface area contributed by atoms with E-state index in [2.05, 4.69) is 66.4 Å². The van der Waals surface area contributed by atoms with Crippen LogP contribution in [-0.4, -0.2) is 101 Å². The van der Waals surface area contributed by atoms with Crippen LogP contribution in [0.3, 0.4) is 0 Å². The van der Waals surface area contributed by atoms with Gasteiger partial charge in [-0.05, 0) is 68.4 Å². The Balaban J connectivity index is 0.942. The molecule has 7 rings (SSSR count). The Morgan fingerprint density at radius 3 is 2.48 bits per heavy atom. The van der Waals surface area contributed by atoms with E-state index in [1.165, 1.54) is 24.7 Å². The summed E-state index contributed by atoms with van der Waals surface area (Å²) in [6, 6.07) is 10.5. The molecule has 1 unspecified atom stereocenters. The van der Waals surface area contributed by atoms with Crippen molar-refractivity contribution in [1.29, 1.82) is 5.26 Å². The maximum absolute atomic E-state index is 13.0. The van der Waals surface area contributed by atoms with Gasteiger partial charge in [0.1, 0.15) is 28.7 Å². The summed E-state index contributed by atoms with van der Waals surface area (Å²) in [7, 11) is -3.47. The Hall–Kier alpha value is -3.33. The molecule has 4 aromatic rings. The van der Waals surface area contributed by atoms with Crippen molar-refractivity contribution in [2.24, 2.45) is 5.92 Å². The molecule has 2 aliphatic heterocycles. The lowest BCUT2D eigenvalue weighted by Gasteiger charge is -2.37. The zero-order valence-corrected chi connectivity index (χ0v) is 31.3. The molecule has 2 N–H and O–H groups in total. The Labute approximate surface area is 307 Å². The molecule has 3 aromatic heterocycles. The quantitative estimate of drug-likeness (QED) is 0.180. The minimum atomic E-state index is -4.27. The number of aromatic nitrogens is 3. The van der Waals surface area contributed by atoms with Gasteiger partial charge < -0.3 is 9.88 Å². The molecule has 0 radical (unpaired) electrons. The van der Waals surface area contributed by atoms with Gasteiger partial charge in [0.05, 0.1) is 11.8 Å². The summed E-state index contributed by atoms with van der Waals surface area (Å²) >= 11 is 1.06. The zero-order valence-electron chi connectivity index (χ0n) is 29.6. The first-order valence-electron chi connectivity index (χ1n) is 18.2. The standard InChI is InChI=1S/C36H46F3N9O2S2/c1-24(46-13-15-47(16-14-46)52(49,50)43-10-7-26-3-4-26)21-48-29(20-40)17-31-25(2)27(5-6-33(31)48)22-45-11-8-28(9-12-45)44-34-32-18-30(19-36(37,38)39)51-35(32)42-23-41-34/h5-6,17-18,23-24,26,28,43H,3-4,7-16,19,21-22H2,1-2H3,(H,41,42,44). The van der Waals surface area contributed by atoms with Crippen LogP contribution in [-0.2, 0) is 29.7 Å². The number of aryl methyl sites for hydroxylation is 1. The number of likely N-dealkylation sites (tertiary alicyclic amines) is 1. The molecule has 11 nitrogen and oxygen atoms in total. The molecule has 3 fully saturated rings. The lowest BCUT2D eigenvalue weighted by molar-refractivity contribution is -0.126. The average molecular weight is 758 g/mol. The largest absolute Gasteiger partial charge is 0.393 e. The van der Waals surface area contributed by atoms with Crippen molar-refractivity contribution in [2.45, 2.75) is 83.7 Å². The minimum Gasteiger partial charge on any atom is -0.367 e. The van der Waals surface area contributed by atoms with Crippen molar-refractivity contribution in [1.82, 2.24) is 33.4 Å². The van der Waals surface area contributed by atoms with Gasteiger partial charge >= 0.3 is 6.18 Å². The van der Waals surface area contributed by atoms with E-state index in [1.54, 1.807) is 10.4 Å². The number of rotatable bonds is 13. The molecule has 1 atom stereocenters. The van der Waals surface area contributed by atoms with E-state index in [4.69, 9.17) is 0 Å². The molecule has 2 saturated heterocycles. The van der Waals surface area contributed by atoms with Crippen LogP contribution < -0.4 is 10.0 Å². The number of halogens is 3. The topological polar surface area (TPSA) is 122 Å². The predicted molar refractivity (Wildman–Crippen MR) is 197 cm³/mol. The number of hydrogen-bond donors (Lipinski definition) is 2. The maximum atomic E-state index is 13.0. The molecular formula is C36H46F3N9O2S2. The molecule has 1 aromatic carbocycles. The van der Waals surface area contributed by atoms with Gasteiger partial charge in [0.25, 0.3) is 10.2 Å². The van der Waals surface area contributed by atoms with Gasteiger partial charge in [0, 0.05) is 86.8 Å². The van der Waals surface area contributed by atoms with Crippen LogP contribution in [0.4, 0.5) is 19.0 Å². The van der Waals surface area contributed by atoms with Gasteiger partial charge in [-0.15, -0.1) is 11.3 Å². The summed E-state index contributed by atoms with van der Waals surface area (Å²) < 4.78 is 71.0. The highest BCUT2D eigenvalue weighted by Gasteiger charge is 2.31. The molecule has 0 spiro atoms. The fourth-order valence-corrected chi connectivity index (χ4v) is 9.84.